The predicted molar refractivity (Wildman–Crippen MR) is 67.1 cm³/mol. The monoisotopic (exact) mass is 247 g/mol. The van der Waals surface area contributed by atoms with Crippen molar-refractivity contribution < 1.29 is 9.72 Å². The number of allylic oxidation sites excluding steroid dienone is 1. The summed E-state index contributed by atoms with van der Waals surface area (Å²) in [5, 5.41) is 15.7. The molecule has 1 aromatic carbocycles. The van der Waals surface area contributed by atoms with Gasteiger partial charge < -0.3 is 10.6 Å². The fourth-order valence-corrected chi connectivity index (χ4v) is 1.45. The van der Waals surface area contributed by atoms with E-state index in [-0.39, 0.29) is 11.4 Å². The molecule has 2 rings (SSSR count). The Morgan fingerprint density at radius 3 is 2.78 bits per heavy atom. The number of urea groups is 1. The van der Waals surface area contributed by atoms with Gasteiger partial charge in [-0.05, 0) is 24.8 Å². The van der Waals surface area contributed by atoms with Crippen LogP contribution in [-0.4, -0.2) is 11.0 Å². The van der Waals surface area contributed by atoms with Gasteiger partial charge in [-0.2, -0.15) is 0 Å². The lowest BCUT2D eigenvalue weighted by Crippen LogP contribution is -2.24. The van der Waals surface area contributed by atoms with Crippen molar-refractivity contribution in [2.75, 3.05) is 5.32 Å². The number of nitro benzene ring substituents is 1. The average Bonchev–Trinajstić information content (AvgIpc) is 3.13. The summed E-state index contributed by atoms with van der Waals surface area (Å²) in [7, 11) is 0. The molecule has 0 saturated heterocycles. The number of hydrogen-bond acceptors (Lipinski definition) is 3. The minimum absolute atomic E-state index is 0.126. The van der Waals surface area contributed by atoms with Gasteiger partial charge in [-0.15, -0.1) is 0 Å². The second-order valence-electron chi connectivity index (χ2n) is 4.07. The van der Waals surface area contributed by atoms with Gasteiger partial charge in [0.2, 0.25) is 0 Å². The molecule has 1 saturated carbocycles. The molecule has 0 aliphatic heterocycles. The summed E-state index contributed by atoms with van der Waals surface area (Å²) in [6.45, 7) is 0. The van der Waals surface area contributed by atoms with E-state index in [1.165, 1.54) is 12.1 Å². The van der Waals surface area contributed by atoms with Crippen molar-refractivity contribution in [3.63, 3.8) is 0 Å². The van der Waals surface area contributed by atoms with Gasteiger partial charge in [0.25, 0.3) is 5.69 Å². The largest absolute Gasteiger partial charge is 0.323 e. The van der Waals surface area contributed by atoms with Crippen molar-refractivity contribution in [1.82, 2.24) is 5.32 Å². The molecule has 1 aliphatic rings. The summed E-state index contributed by atoms with van der Waals surface area (Å²) in [4.78, 5) is 21.7. The highest BCUT2D eigenvalue weighted by atomic mass is 16.6. The molecule has 0 radical (unpaired) electrons. The molecule has 2 amide bonds. The Morgan fingerprint density at radius 1 is 1.39 bits per heavy atom. The Kier molecular flexibility index (Phi) is 3.57. The van der Waals surface area contributed by atoms with Gasteiger partial charge in [-0.3, -0.25) is 10.1 Å². The number of hydrogen-bond donors (Lipinski definition) is 2. The summed E-state index contributed by atoms with van der Waals surface area (Å²) in [5.74, 6) is 0.566. The molecule has 6 heteroatoms. The maximum atomic E-state index is 11.5. The molecule has 6 nitrogen and oxygen atoms in total. The van der Waals surface area contributed by atoms with Gasteiger partial charge in [0.15, 0.2) is 0 Å². The number of nitrogens with zero attached hydrogens (tertiary/aromatic N) is 1. The van der Waals surface area contributed by atoms with Crippen molar-refractivity contribution in [2.24, 2.45) is 5.92 Å². The average molecular weight is 247 g/mol. The van der Waals surface area contributed by atoms with Crippen LogP contribution in [0.3, 0.4) is 0 Å². The van der Waals surface area contributed by atoms with Crippen LogP contribution in [-0.2, 0) is 0 Å². The number of anilines is 1. The third-order valence-corrected chi connectivity index (χ3v) is 2.55. The first-order valence-corrected chi connectivity index (χ1v) is 5.64. The van der Waals surface area contributed by atoms with E-state index in [2.05, 4.69) is 10.6 Å². The van der Waals surface area contributed by atoms with Crippen molar-refractivity contribution in [2.45, 2.75) is 12.8 Å². The van der Waals surface area contributed by atoms with E-state index in [0.29, 0.717) is 5.92 Å². The lowest BCUT2D eigenvalue weighted by Gasteiger charge is -2.04. The molecule has 1 aromatic rings. The van der Waals surface area contributed by atoms with Gasteiger partial charge >= 0.3 is 6.03 Å². The molecule has 2 N–H and O–H groups in total. The number of benzene rings is 1. The molecular formula is C12H13N3O3. The van der Waals surface area contributed by atoms with Crippen molar-refractivity contribution >= 4 is 17.4 Å². The van der Waals surface area contributed by atoms with Gasteiger partial charge in [0, 0.05) is 12.3 Å². The number of nitrogens with one attached hydrogen (secondary N) is 2. The smallest absolute Gasteiger partial charge is 0.315 e. The maximum Gasteiger partial charge on any atom is 0.323 e. The summed E-state index contributed by atoms with van der Waals surface area (Å²) in [5.41, 5.74) is 0.0543. The van der Waals surface area contributed by atoms with Gasteiger partial charge in [-0.1, -0.05) is 18.2 Å². The molecule has 0 bridgehead atoms. The van der Waals surface area contributed by atoms with Crippen LogP contribution < -0.4 is 10.6 Å². The van der Waals surface area contributed by atoms with Gasteiger partial charge in [0.1, 0.15) is 5.69 Å². The molecular weight excluding hydrogens is 234 g/mol. The highest BCUT2D eigenvalue weighted by Gasteiger charge is 2.17. The summed E-state index contributed by atoms with van der Waals surface area (Å²) in [6.07, 6.45) is 5.80. The first kappa shape index (κ1) is 12.1. The zero-order chi connectivity index (χ0) is 13.0. The Hall–Kier alpha value is -2.37. The Balaban J connectivity index is 1.95. The molecule has 1 aliphatic carbocycles. The van der Waals surface area contributed by atoms with E-state index in [0.717, 1.165) is 12.8 Å². The van der Waals surface area contributed by atoms with Crippen LogP contribution in [0.5, 0.6) is 0 Å². The first-order chi connectivity index (χ1) is 8.66. The van der Waals surface area contributed by atoms with E-state index < -0.39 is 11.0 Å². The Labute approximate surface area is 104 Å². The van der Waals surface area contributed by atoms with Crippen LogP contribution in [0.15, 0.2) is 36.5 Å². The highest BCUT2D eigenvalue weighted by Crippen LogP contribution is 2.29. The lowest BCUT2D eigenvalue weighted by atomic mass is 10.3. The number of nitro groups is 1. The van der Waals surface area contributed by atoms with Crippen molar-refractivity contribution in [1.29, 1.82) is 0 Å². The van der Waals surface area contributed by atoms with Crippen molar-refractivity contribution in [3.05, 3.63) is 46.7 Å². The maximum absolute atomic E-state index is 11.5. The number of carbonyl (C=O) groups excluding carboxylic acids is 1. The van der Waals surface area contributed by atoms with E-state index in [1.807, 2.05) is 6.08 Å². The quantitative estimate of drug-likeness (QED) is 0.633. The second-order valence-corrected chi connectivity index (χ2v) is 4.07. The standard InChI is InChI=1S/C12H13N3O3/c16-12(13-8-7-9-5-6-9)14-10-3-1-2-4-11(10)15(17)18/h1-4,7-9H,5-6H2,(H2,13,14,16)/b8-7+. The SMILES string of the molecule is O=C(N/C=C/C1CC1)Nc1ccccc1[N+](=O)[O-]. The predicted octanol–water partition coefficient (Wildman–Crippen LogP) is 2.64. The van der Waals surface area contributed by atoms with Crippen LogP contribution >= 0.6 is 0 Å². The van der Waals surface area contributed by atoms with E-state index in [1.54, 1.807) is 18.3 Å². The number of rotatable bonds is 4. The zero-order valence-corrected chi connectivity index (χ0v) is 9.63. The minimum atomic E-state index is -0.532. The van der Waals surface area contributed by atoms with Crippen LogP contribution in [0.1, 0.15) is 12.8 Å². The Bertz CT molecular complexity index is 495. The molecule has 0 spiro atoms. The van der Waals surface area contributed by atoms with Crippen molar-refractivity contribution in [3.8, 4) is 0 Å². The van der Waals surface area contributed by atoms with Crippen LogP contribution in [0, 0.1) is 16.0 Å². The normalized spacial score (nSPS) is 14.4. The molecule has 0 aromatic heterocycles. The fourth-order valence-electron chi connectivity index (χ4n) is 1.45. The molecule has 0 atom stereocenters. The molecule has 0 unspecified atom stereocenters. The van der Waals surface area contributed by atoms with Crippen LogP contribution in [0.2, 0.25) is 0 Å². The van der Waals surface area contributed by atoms with Gasteiger partial charge in [0.05, 0.1) is 4.92 Å². The molecule has 1 fully saturated rings. The van der Waals surface area contributed by atoms with E-state index in [4.69, 9.17) is 0 Å². The summed E-state index contributed by atoms with van der Waals surface area (Å²) >= 11 is 0. The minimum Gasteiger partial charge on any atom is -0.315 e. The molecule has 94 valence electrons. The molecule has 18 heavy (non-hydrogen) atoms. The Morgan fingerprint density at radius 2 is 2.11 bits per heavy atom. The summed E-state index contributed by atoms with van der Waals surface area (Å²) in [6, 6.07) is 5.52. The number of carbonyl (C=O) groups is 1. The van der Waals surface area contributed by atoms with Gasteiger partial charge in [-0.25, -0.2) is 4.79 Å². The highest BCUT2D eigenvalue weighted by molar-refractivity contribution is 5.92. The van der Waals surface area contributed by atoms with E-state index in [9.17, 15) is 14.9 Å². The molecule has 0 heterocycles. The third-order valence-electron chi connectivity index (χ3n) is 2.55. The number of amides is 2. The third kappa shape index (κ3) is 3.31. The topological polar surface area (TPSA) is 84.3 Å². The number of para-hydroxylation sites is 2. The zero-order valence-electron chi connectivity index (χ0n) is 9.63. The second kappa shape index (κ2) is 5.31. The van der Waals surface area contributed by atoms with Crippen LogP contribution in [0.25, 0.3) is 0 Å². The lowest BCUT2D eigenvalue weighted by molar-refractivity contribution is -0.383. The van der Waals surface area contributed by atoms with Crippen LogP contribution in [0.4, 0.5) is 16.2 Å². The summed E-state index contributed by atoms with van der Waals surface area (Å²) < 4.78 is 0. The first-order valence-electron chi connectivity index (χ1n) is 5.64. The van der Waals surface area contributed by atoms with E-state index >= 15 is 0 Å². The fraction of sp³-hybridized carbons (Fsp3) is 0.250.